The molecule has 0 spiro atoms. The highest BCUT2D eigenvalue weighted by atomic mass is 35.5. The summed E-state index contributed by atoms with van der Waals surface area (Å²) in [7, 11) is -3.89. The molecule has 4 rings (SSSR count). The molecular formula is C20H15ClN4O5S. The van der Waals surface area contributed by atoms with Crippen molar-refractivity contribution in [2.45, 2.75) is 5.75 Å². The first-order chi connectivity index (χ1) is 14.9. The Balaban J connectivity index is 1.39. The van der Waals surface area contributed by atoms with Crippen LogP contribution in [0.2, 0.25) is 5.02 Å². The Morgan fingerprint density at radius 1 is 1.03 bits per heavy atom. The molecule has 0 aliphatic carbocycles. The van der Waals surface area contributed by atoms with Gasteiger partial charge in [0, 0.05) is 5.56 Å². The lowest BCUT2D eigenvalue weighted by Gasteiger charge is -2.02. The summed E-state index contributed by atoms with van der Waals surface area (Å²) in [6.45, 7) is 0. The second-order valence-electron chi connectivity index (χ2n) is 6.47. The fraction of sp³-hybridized carbons (Fsp3) is 0.100. The quantitative estimate of drug-likeness (QED) is 0.444. The number of halogens is 1. The number of carbonyl (C=O) groups excluding carboxylic acids is 1. The van der Waals surface area contributed by atoms with Crippen molar-refractivity contribution in [2.24, 2.45) is 0 Å². The molecule has 2 heterocycles. The zero-order valence-electron chi connectivity index (χ0n) is 15.9. The van der Waals surface area contributed by atoms with Crippen LogP contribution in [0.5, 0.6) is 0 Å². The molecule has 158 valence electrons. The van der Waals surface area contributed by atoms with E-state index in [1.165, 1.54) is 6.26 Å². The Morgan fingerprint density at radius 3 is 2.55 bits per heavy atom. The third-order valence-corrected chi connectivity index (χ3v) is 5.80. The minimum atomic E-state index is -3.89. The number of sulfone groups is 1. The molecule has 0 aliphatic rings. The summed E-state index contributed by atoms with van der Waals surface area (Å²) >= 11 is 6.07. The first-order valence-corrected chi connectivity index (χ1v) is 11.2. The van der Waals surface area contributed by atoms with E-state index < -0.39 is 27.3 Å². The number of aromatic nitrogens is 3. The minimum absolute atomic E-state index is 0.0912. The van der Waals surface area contributed by atoms with Crippen LogP contribution in [-0.2, 0) is 20.4 Å². The van der Waals surface area contributed by atoms with Crippen LogP contribution in [0.3, 0.4) is 0 Å². The van der Waals surface area contributed by atoms with E-state index in [4.69, 9.17) is 20.4 Å². The third-order valence-electron chi connectivity index (χ3n) is 4.09. The molecule has 4 aromatic rings. The van der Waals surface area contributed by atoms with Gasteiger partial charge in [-0.3, -0.25) is 10.1 Å². The van der Waals surface area contributed by atoms with Gasteiger partial charge in [-0.25, -0.2) is 8.42 Å². The van der Waals surface area contributed by atoms with Crippen molar-refractivity contribution in [2.75, 3.05) is 11.1 Å². The number of amides is 1. The van der Waals surface area contributed by atoms with Gasteiger partial charge >= 0.3 is 6.01 Å². The highest BCUT2D eigenvalue weighted by molar-refractivity contribution is 7.91. The first-order valence-electron chi connectivity index (χ1n) is 8.98. The standard InChI is InChI=1S/C20H15ClN4O5S/c21-15-9-5-4-8-14(15)19-25-24-18(30-19)12-31(27,28)11-17(26)23-20-22-16(10-29-20)13-6-2-1-3-7-13/h1-10H,11-12H2,(H,22,23,26). The number of benzene rings is 2. The van der Waals surface area contributed by atoms with Gasteiger partial charge in [-0.15, -0.1) is 10.2 Å². The van der Waals surface area contributed by atoms with Crippen LogP contribution in [0.4, 0.5) is 6.01 Å². The Hall–Kier alpha value is -3.50. The van der Waals surface area contributed by atoms with Gasteiger partial charge in [0.1, 0.15) is 23.5 Å². The summed E-state index contributed by atoms with van der Waals surface area (Å²) in [5.74, 6) is -2.26. The molecule has 0 unspecified atom stereocenters. The molecule has 0 atom stereocenters. The largest absolute Gasteiger partial charge is 0.431 e. The monoisotopic (exact) mass is 458 g/mol. The van der Waals surface area contributed by atoms with E-state index in [0.29, 0.717) is 16.3 Å². The summed E-state index contributed by atoms with van der Waals surface area (Å²) in [6, 6.07) is 15.9. The molecule has 0 saturated heterocycles. The zero-order chi connectivity index (χ0) is 21.8. The van der Waals surface area contributed by atoms with Crippen LogP contribution < -0.4 is 5.32 Å². The number of anilines is 1. The Labute approximate surface area is 182 Å². The highest BCUT2D eigenvalue weighted by Gasteiger charge is 2.23. The molecule has 0 aliphatic heterocycles. The second kappa shape index (κ2) is 8.70. The number of hydrogen-bond donors (Lipinski definition) is 1. The van der Waals surface area contributed by atoms with Crippen molar-refractivity contribution in [3.05, 3.63) is 71.8 Å². The van der Waals surface area contributed by atoms with E-state index in [-0.39, 0.29) is 17.8 Å². The molecule has 9 nitrogen and oxygen atoms in total. The average Bonchev–Trinajstić information content (AvgIpc) is 3.38. The Kier molecular flexibility index (Phi) is 5.83. The molecule has 1 N–H and O–H groups in total. The lowest BCUT2D eigenvalue weighted by Crippen LogP contribution is -2.24. The normalized spacial score (nSPS) is 11.4. The summed E-state index contributed by atoms with van der Waals surface area (Å²) < 4.78 is 35.3. The van der Waals surface area contributed by atoms with E-state index in [9.17, 15) is 13.2 Å². The van der Waals surface area contributed by atoms with Crippen molar-refractivity contribution in [1.29, 1.82) is 0 Å². The van der Waals surface area contributed by atoms with E-state index >= 15 is 0 Å². The summed E-state index contributed by atoms with van der Waals surface area (Å²) in [5, 5.41) is 10.3. The molecule has 0 radical (unpaired) electrons. The molecule has 31 heavy (non-hydrogen) atoms. The van der Waals surface area contributed by atoms with Gasteiger partial charge < -0.3 is 8.83 Å². The van der Waals surface area contributed by atoms with Gasteiger partial charge in [0.25, 0.3) is 0 Å². The van der Waals surface area contributed by atoms with E-state index in [1.807, 2.05) is 30.3 Å². The third kappa shape index (κ3) is 5.16. The van der Waals surface area contributed by atoms with Gasteiger partial charge in [0.15, 0.2) is 9.84 Å². The van der Waals surface area contributed by atoms with Crippen molar-refractivity contribution >= 4 is 33.4 Å². The molecule has 0 saturated carbocycles. The number of nitrogens with zero attached hydrogens (tertiary/aromatic N) is 3. The average molecular weight is 459 g/mol. The molecule has 0 fully saturated rings. The van der Waals surface area contributed by atoms with Gasteiger partial charge in [-0.05, 0) is 12.1 Å². The summed E-state index contributed by atoms with van der Waals surface area (Å²) in [6.07, 6.45) is 1.37. The van der Waals surface area contributed by atoms with Crippen LogP contribution in [0.1, 0.15) is 5.89 Å². The van der Waals surface area contributed by atoms with Crippen LogP contribution in [0.25, 0.3) is 22.7 Å². The number of hydrogen-bond acceptors (Lipinski definition) is 8. The lowest BCUT2D eigenvalue weighted by molar-refractivity contribution is -0.114. The van der Waals surface area contributed by atoms with Crippen molar-refractivity contribution in [1.82, 2.24) is 15.2 Å². The minimum Gasteiger partial charge on any atom is -0.431 e. The highest BCUT2D eigenvalue weighted by Crippen LogP contribution is 2.26. The summed E-state index contributed by atoms with van der Waals surface area (Å²) in [5.41, 5.74) is 1.79. The van der Waals surface area contributed by atoms with Gasteiger partial charge in [0.2, 0.25) is 17.7 Å². The fourth-order valence-electron chi connectivity index (χ4n) is 2.72. The van der Waals surface area contributed by atoms with Crippen LogP contribution >= 0.6 is 11.6 Å². The molecule has 0 bridgehead atoms. The van der Waals surface area contributed by atoms with E-state index in [0.717, 1.165) is 5.56 Å². The lowest BCUT2D eigenvalue weighted by atomic mass is 10.2. The SMILES string of the molecule is O=C(CS(=O)(=O)Cc1nnc(-c2ccccc2Cl)o1)Nc1nc(-c2ccccc2)co1. The maximum absolute atomic E-state index is 12.4. The fourth-order valence-corrected chi connectivity index (χ4v) is 4.01. The van der Waals surface area contributed by atoms with Crippen molar-refractivity contribution in [3.8, 4) is 22.7 Å². The van der Waals surface area contributed by atoms with Crippen LogP contribution in [-0.4, -0.2) is 35.3 Å². The second-order valence-corrected chi connectivity index (χ2v) is 8.94. The van der Waals surface area contributed by atoms with Crippen LogP contribution in [0, 0.1) is 0 Å². The maximum atomic E-state index is 12.4. The van der Waals surface area contributed by atoms with Gasteiger partial charge in [-0.2, -0.15) is 4.98 Å². The number of nitrogens with one attached hydrogen (secondary N) is 1. The number of carbonyl (C=O) groups is 1. The first kappa shape index (κ1) is 20.8. The smallest absolute Gasteiger partial charge is 0.301 e. The van der Waals surface area contributed by atoms with Crippen molar-refractivity contribution < 1.29 is 22.0 Å². The van der Waals surface area contributed by atoms with E-state index in [2.05, 4.69) is 20.5 Å². The molecular weight excluding hydrogens is 444 g/mol. The van der Waals surface area contributed by atoms with Crippen molar-refractivity contribution in [3.63, 3.8) is 0 Å². The zero-order valence-corrected chi connectivity index (χ0v) is 17.4. The Morgan fingerprint density at radius 2 is 1.77 bits per heavy atom. The Bertz CT molecular complexity index is 1320. The molecule has 1 amide bonds. The predicted octanol–water partition coefficient (Wildman–Crippen LogP) is 3.60. The van der Waals surface area contributed by atoms with Gasteiger partial charge in [-0.1, -0.05) is 54.1 Å². The number of oxazole rings is 1. The number of rotatable bonds is 7. The predicted molar refractivity (Wildman–Crippen MR) is 113 cm³/mol. The molecule has 2 aromatic carbocycles. The van der Waals surface area contributed by atoms with E-state index in [1.54, 1.807) is 24.3 Å². The molecule has 2 aromatic heterocycles. The topological polar surface area (TPSA) is 128 Å². The van der Waals surface area contributed by atoms with Gasteiger partial charge in [0.05, 0.1) is 10.6 Å². The van der Waals surface area contributed by atoms with Crippen LogP contribution in [0.15, 0.2) is 69.7 Å². The maximum Gasteiger partial charge on any atom is 0.301 e. The summed E-state index contributed by atoms with van der Waals surface area (Å²) in [4.78, 5) is 16.3. The molecule has 11 heteroatoms.